The van der Waals surface area contributed by atoms with E-state index in [1.165, 1.54) is 28.7 Å². The Morgan fingerprint density at radius 1 is 1.15 bits per heavy atom. The molecule has 1 N–H and O–H groups in total. The van der Waals surface area contributed by atoms with Crippen molar-refractivity contribution in [2.24, 2.45) is 0 Å². The molecule has 0 radical (unpaired) electrons. The molecule has 39 heavy (non-hydrogen) atoms. The number of hydrogen-bond donors (Lipinski definition) is 2. The standard InChI is InChI=1S/C24H23N7O4S4/c1-14-18(37-10-3-11-38-20-7-6-19-26-13-21(31(32)33)30(19)29-20)8-9-25-22(14)23(36)24-27-16-5-4-15(39(2,34)35)12-17(16)28-24/h4-9,12-13,23,36H,3,10-11H2,1-2H3,(H,27,28). The molecule has 0 amide bonds. The molecule has 4 aromatic heterocycles. The molecule has 0 fully saturated rings. The molecule has 202 valence electrons. The predicted molar refractivity (Wildman–Crippen MR) is 155 cm³/mol. The van der Waals surface area contributed by atoms with Crippen LogP contribution in [0.15, 0.2) is 63.6 Å². The van der Waals surface area contributed by atoms with E-state index in [9.17, 15) is 18.5 Å². The largest absolute Gasteiger partial charge is 0.368 e. The third-order valence-electron chi connectivity index (χ3n) is 5.92. The van der Waals surface area contributed by atoms with Gasteiger partial charge >= 0.3 is 5.82 Å². The summed E-state index contributed by atoms with van der Waals surface area (Å²) < 4.78 is 25.0. The number of thiol groups is 1. The number of sulfone groups is 1. The first-order valence-corrected chi connectivity index (χ1v) is 16.1. The molecule has 0 aliphatic carbocycles. The van der Waals surface area contributed by atoms with Gasteiger partial charge in [-0.2, -0.15) is 12.6 Å². The molecule has 15 heteroatoms. The van der Waals surface area contributed by atoms with Crippen LogP contribution in [0.3, 0.4) is 0 Å². The third kappa shape index (κ3) is 5.90. The van der Waals surface area contributed by atoms with Gasteiger partial charge < -0.3 is 15.1 Å². The number of pyridine rings is 1. The second-order valence-corrected chi connectivity index (χ2v) is 13.4. The van der Waals surface area contributed by atoms with Crippen molar-refractivity contribution in [1.29, 1.82) is 0 Å². The van der Waals surface area contributed by atoms with E-state index in [0.29, 0.717) is 22.0 Å². The van der Waals surface area contributed by atoms with E-state index < -0.39 is 20.0 Å². The van der Waals surface area contributed by atoms with Gasteiger partial charge in [0.05, 0.1) is 21.6 Å². The Morgan fingerprint density at radius 3 is 2.72 bits per heavy atom. The number of nitrogens with one attached hydrogen (secondary N) is 1. The SMILES string of the molecule is Cc1c(SCCCSc2ccc3ncc([N+](=O)[O-])n3n2)ccnc1C(S)c1nc2cc(S(C)(=O)=O)ccc2[nH]1. The van der Waals surface area contributed by atoms with Gasteiger partial charge in [0.1, 0.15) is 22.3 Å². The molecule has 5 rings (SSSR count). The second-order valence-electron chi connectivity index (χ2n) is 8.66. The summed E-state index contributed by atoms with van der Waals surface area (Å²) in [7, 11) is -3.33. The molecule has 1 atom stereocenters. The summed E-state index contributed by atoms with van der Waals surface area (Å²) in [6, 6.07) is 10.3. The summed E-state index contributed by atoms with van der Waals surface area (Å²) >= 11 is 8.04. The zero-order valence-electron chi connectivity index (χ0n) is 20.8. The Balaban J connectivity index is 1.22. The molecule has 1 aromatic carbocycles. The number of aromatic amines is 1. The lowest BCUT2D eigenvalue weighted by atomic mass is 10.1. The summed E-state index contributed by atoms with van der Waals surface area (Å²) in [4.78, 5) is 28.3. The van der Waals surface area contributed by atoms with Gasteiger partial charge in [0.25, 0.3) is 0 Å². The summed E-state index contributed by atoms with van der Waals surface area (Å²) in [6.07, 6.45) is 5.03. The number of nitrogens with zero attached hydrogens (tertiary/aromatic N) is 6. The predicted octanol–water partition coefficient (Wildman–Crippen LogP) is 4.91. The number of thioether (sulfide) groups is 2. The smallest absolute Gasteiger partial charge is 0.358 e. The molecule has 1 unspecified atom stereocenters. The lowest BCUT2D eigenvalue weighted by molar-refractivity contribution is -0.391. The number of nitro groups is 1. The average molecular weight is 602 g/mol. The maximum Gasteiger partial charge on any atom is 0.368 e. The van der Waals surface area contributed by atoms with Crippen molar-refractivity contribution in [2.75, 3.05) is 17.8 Å². The maximum atomic E-state index is 11.9. The topological polar surface area (TPSA) is 149 Å². The van der Waals surface area contributed by atoms with Crippen LogP contribution in [-0.2, 0) is 9.84 Å². The van der Waals surface area contributed by atoms with Crippen LogP contribution in [0.25, 0.3) is 16.7 Å². The number of benzene rings is 1. The minimum absolute atomic E-state index is 0.157. The Hall–Kier alpha value is -3.14. The van der Waals surface area contributed by atoms with E-state index in [1.54, 1.807) is 42.2 Å². The number of fused-ring (bicyclic) bond motifs is 2. The molecular weight excluding hydrogens is 579 g/mol. The highest BCUT2D eigenvalue weighted by atomic mass is 32.2. The van der Waals surface area contributed by atoms with E-state index >= 15 is 0 Å². The fourth-order valence-corrected chi connectivity index (χ4v) is 6.92. The Labute approximate surface area is 237 Å². The van der Waals surface area contributed by atoms with Gasteiger partial charge in [-0.15, -0.1) is 23.5 Å². The normalized spacial score (nSPS) is 12.8. The summed E-state index contributed by atoms with van der Waals surface area (Å²) in [5.74, 6) is 2.10. The lowest BCUT2D eigenvalue weighted by Crippen LogP contribution is -2.03. The molecular formula is C24H23N7O4S4. The van der Waals surface area contributed by atoms with Gasteiger partial charge in [-0.05, 0) is 59.9 Å². The maximum absolute atomic E-state index is 11.9. The Kier molecular flexibility index (Phi) is 7.84. The molecule has 11 nitrogen and oxygen atoms in total. The summed E-state index contributed by atoms with van der Waals surface area (Å²) in [6.45, 7) is 2.00. The molecule has 4 heterocycles. The van der Waals surface area contributed by atoms with Crippen LogP contribution in [0.1, 0.15) is 28.8 Å². The number of rotatable bonds is 10. The van der Waals surface area contributed by atoms with Gasteiger partial charge in [0, 0.05) is 29.2 Å². The fraction of sp³-hybridized carbons (Fsp3) is 0.250. The van der Waals surface area contributed by atoms with Crippen LogP contribution in [-0.4, -0.2) is 60.7 Å². The highest BCUT2D eigenvalue weighted by Gasteiger charge is 2.20. The Morgan fingerprint density at radius 2 is 1.95 bits per heavy atom. The van der Waals surface area contributed by atoms with Crippen molar-refractivity contribution in [1.82, 2.24) is 29.5 Å². The van der Waals surface area contributed by atoms with Crippen LogP contribution >= 0.6 is 36.2 Å². The van der Waals surface area contributed by atoms with E-state index in [0.717, 1.165) is 39.6 Å². The lowest BCUT2D eigenvalue weighted by Gasteiger charge is -2.14. The van der Waals surface area contributed by atoms with Crippen molar-refractivity contribution >= 4 is 68.5 Å². The monoisotopic (exact) mass is 601 g/mol. The number of H-pyrrole nitrogens is 1. The molecule has 0 bridgehead atoms. The van der Waals surface area contributed by atoms with Crippen LogP contribution in [0, 0.1) is 17.0 Å². The highest BCUT2D eigenvalue weighted by molar-refractivity contribution is 8.00. The zero-order valence-corrected chi connectivity index (χ0v) is 24.1. The number of aromatic nitrogens is 6. The number of imidazole rings is 2. The molecule has 0 aliphatic rings. The molecule has 5 aromatic rings. The van der Waals surface area contributed by atoms with Gasteiger partial charge in [0.2, 0.25) is 5.65 Å². The van der Waals surface area contributed by atoms with Gasteiger partial charge in [-0.3, -0.25) is 4.98 Å². The second kappa shape index (κ2) is 11.2. The fourth-order valence-electron chi connectivity index (χ4n) is 3.92. The molecule has 0 aliphatic heterocycles. The van der Waals surface area contributed by atoms with Crippen LogP contribution < -0.4 is 0 Å². The first-order chi connectivity index (χ1) is 18.6. The minimum atomic E-state index is -3.33. The minimum Gasteiger partial charge on any atom is -0.358 e. The molecule has 0 saturated carbocycles. The first kappa shape index (κ1) is 27.4. The van der Waals surface area contributed by atoms with Crippen molar-refractivity contribution < 1.29 is 13.3 Å². The highest BCUT2D eigenvalue weighted by Crippen LogP contribution is 2.33. The van der Waals surface area contributed by atoms with E-state index in [-0.39, 0.29) is 10.7 Å². The number of hydrogen-bond acceptors (Lipinski definition) is 11. The van der Waals surface area contributed by atoms with E-state index in [2.05, 4.69) is 25.0 Å². The van der Waals surface area contributed by atoms with Crippen LogP contribution in [0.5, 0.6) is 0 Å². The van der Waals surface area contributed by atoms with Crippen LogP contribution in [0.2, 0.25) is 0 Å². The van der Waals surface area contributed by atoms with Crippen molar-refractivity contribution in [3.63, 3.8) is 0 Å². The van der Waals surface area contributed by atoms with E-state index in [1.807, 2.05) is 19.1 Å². The van der Waals surface area contributed by atoms with Crippen LogP contribution in [0.4, 0.5) is 5.82 Å². The quantitative estimate of drug-likeness (QED) is 0.0743. The Bertz CT molecular complexity index is 1800. The zero-order chi connectivity index (χ0) is 27.7. The van der Waals surface area contributed by atoms with Crippen molar-refractivity contribution in [3.05, 3.63) is 76.0 Å². The van der Waals surface area contributed by atoms with Crippen molar-refractivity contribution in [3.8, 4) is 0 Å². The van der Waals surface area contributed by atoms with Crippen molar-refractivity contribution in [2.45, 2.75) is 33.4 Å². The van der Waals surface area contributed by atoms with E-state index in [4.69, 9.17) is 12.6 Å². The third-order valence-corrected chi connectivity index (χ3v) is 9.77. The van der Waals surface area contributed by atoms with Gasteiger partial charge in [-0.1, -0.05) is 9.61 Å². The van der Waals surface area contributed by atoms with Gasteiger partial charge in [-0.25, -0.2) is 18.4 Å². The average Bonchev–Trinajstić information content (AvgIpc) is 3.52. The summed E-state index contributed by atoms with van der Waals surface area (Å²) in [5, 5.41) is 15.8. The molecule has 0 saturated heterocycles. The van der Waals surface area contributed by atoms with Gasteiger partial charge in [0.15, 0.2) is 9.84 Å². The summed E-state index contributed by atoms with van der Waals surface area (Å²) in [5.41, 5.74) is 3.51. The molecule has 0 spiro atoms. The first-order valence-electron chi connectivity index (χ1n) is 11.7.